The van der Waals surface area contributed by atoms with Gasteiger partial charge in [0.2, 0.25) is 0 Å². The van der Waals surface area contributed by atoms with E-state index < -0.39 is 16.8 Å². The van der Waals surface area contributed by atoms with Gasteiger partial charge in [0.15, 0.2) is 0 Å². The molecule has 2 heterocycles. The van der Waals surface area contributed by atoms with Gasteiger partial charge in [0, 0.05) is 34.0 Å². The lowest BCUT2D eigenvalue weighted by molar-refractivity contribution is 0.0696. The lowest BCUT2D eigenvalue weighted by atomic mass is 10.1. The molecule has 1 aliphatic heterocycles. The molecule has 0 bridgehead atoms. The van der Waals surface area contributed by atoms with Crippen LogP contribution in [-0.2, 0) is 10.8 Å². The third-order valence-corrected chi connectivity index (χ3v) is 4.32. The highest BCUT2D eigenvalue weighted by Crippen LogP contribution is 2.16. The van der Waals surface area contributed by atoms with E-state index in [2.05, 4.69) is 10.3 Å². The van der Waals surface area contributed by atoms with Crippen LogP contribution in [0, 0.1) is 6.92 Å². The maximum absolute atomic E-state index is 11.2. The summed E-state index contributed by atoms with van der Waals surface area (Å²) in [6, 6.07) is 3.32. The summed E-state index contributed by atoms with van der Waals surface area (Å²) >= 11 is 0. The monoisotopic (exact) mass is 268 g/mol. The van der Waals surface area contributed by atoms with E-state index in [9.17, 15) is 9.00 Å². The van der Waals surface area contributed by atoms with Gasteiger partial charge >= 0.3 is 5.97 Å². The molecule has 0 aromatic carbocycles. The summed E-state index contributed by atoms with van der Waals surface area (Å²) in [5.41, 5.74) is 0.918. The van der Waals surface area contributed by atoms with Crippen molar-refractivity contribution in [1.29, 1.82) is 0 Å². The highest BCUT2D eigenvalue weighted by Gasteiger charge is 2.18. The molecule has 0 amide bonds. The number of nitrogens with zero attached hydrogens (tertiary/aromatic N) is 1. The van der Waals surface area contributed by atoms with E-state index in [0.717, 1.165) is 12.8 Å². The molecule has 5 nitrogen and oxygen atoms in total. The first-order valence-electron chi connectivity index (χ1n) is 5.88. The summed E-state index contributed by atoms with van der Waals surface area (Å²) in [6.07, 6.45) is 1.68. The highest BCUT2D eigenvalue weighted by molar-refractivity contribution is 7.85. The molecule has 0 saturated carbocycles. The number of carboxylic acid groups (broad SMARTS) is 1. The average Bonchev–Trinajstić information content (AvgIpc) is 2.31. The summed E-state index contributed by atoms with van der Waals surface area (Å²) in [7, 11) is -0.690. The Morgan fingerprint density at radius 2 is 2.11 bits per heavy atom. The zero-order valence-corrected chi connectivity index (χ0v) is 11.0. The fourth-order valence-corrected chi connectivity index (χ4v) is 3.31. The summed E-state index contributed by atoms with van der Waals surface area (Å²) < 4.78 is 11.2. The van der Waals surface area contributed by atoms with Crippen molar-refractivity contribution in [3.8, 4) is 0 Å². The summed E-state index contributed by atoms with van der Waals surface area (Å²) in [4.78, 5) is 15.2. The van der Waals surface area contributed by atoms with Gasteiger partial charge in [-0.2, -0.15) is 0 Å². The van der Waals surface area contributed by atoms with Crippen molar-refractivity contribution in [3.63, 3.8) is 0 Å². The maximum Gasteiger partial charge on any atom is 0.335 e. The van der Waals surface area contributed by atoms with Crippen molar-refractivity contribution < 1.29 is 14.1 Å². The molecule has 2 N–H and O–H groups in total. The smallest absolute Gasteiger partial charge is 0.335 e. The molecule has 1 aromatic heterocycles. The van der Waals surface area contributed by atoms with Gasteiger partial charge in [-0.1, -0.05) is 0 Å². The number of aromatic carboxylic acids is 1. The molecule has 0 unspecified atom stereocenters. The lowest BCUT2D eigenvalue weighted by Gasteiger charge is -2.23. The molecule has 2 rings (SSSR count). The SMILES string of the molecule is Cc1cc(C(=O)O)cc(NC2CCS(=O)CC2)n1. The number of pyridine rings is 1. The van der Waals surface area contributed by atoms with Crippen molar-refractivity contribution in [2.45, 2.75) is 25.8 Å². The normalized spacial score (nSPS) is 23.6. The molecule has 0 spiro atoms. The third kappa shape index (κ3) is 3.29. The molecule has 0 aliphatic carbocycles. The maximum atomic E-state index is 11.2. The van der Waals surface area contributed by atoms with Gasteiger partial charge in [-0.15, -0.1) is 0 Å². The number of carbonyl (C=O) groups is 1. The van der Waals surface area contributed by atoms with E-state index in [4.69, 9.17) is 5.11 Å². The lowest BCUT2D eigenvalue weighted by Crippen LogP contribution is -2.29. The minimum atomic E-state index is -0.951. The van der Waals surface area contributed by atoms with Crippen molar-refractivity contribution in [1.82, 2.24) is 4.98 Å². The second-order valence-corrected chi connectivity index (χ2v) is 6.15. The second-order valence-electron chi connectivity index (χ2n) is 4.45. The van der Waals surface area contributed by atoms with E-state index in [1.54, 1.807) is 19.1 Å². The molecular formula is C12H16N2O3S. The first-order valence-corrected chi connectivity index (χ1v) is 7.37. The van der Waals surface area contributed by atoms with E-state index in [1.165, 1.54) is 0 Å². The summed E-state index contributed by atoms with van der Waals surface area (Å²) in [6.45, 7) is 1.77. The van der Waals surface area contributed by atoms with Gasteiger partial charge in [-0.25, -0.2) is 9.78 Å². The van der Waals surface area contributed by atoms with Crippen LogP contribution in [0.2, 0.25) is 0 Å². The van der Waals surface area contributed by atoms with Crippen LogP contribution in [0.3, 0.4) is 0 Å². The Labute approximate surface area is 108 Å². The molecule has 0 atom stereocenters. The number of anilines is 1. The molecule has 1 aromatic rings. The minimum Gasteiger partial charge on any atom is -0.478 e. The third-order valence-electron chi connectivity index (χ3n) is 2.94. The molecule has 0 radical (unpaired) electrons. The number of aromatic nitrogens is 1. The van der Waals surface area contributed by atoms with Crippen LogP contribution in [0.5, 0.6) is 0 Å². The van der Waals surface area contributed by atoms with Crippen molar-refractivity contribution in [2.24, 2.45) is 0 Å². The fourth-order valence-electron chi connectivity index (χ4n) is 2.01. The average molecular weight is 268 g/mol. The Morgan fingerprint density at radius 3 is 2.72 bits per heavy atom. The second kappa shape index (κ2) is 5.48. The highest BCUT2D eigenvalue weighted by atomic mass is 32.2. The van der Waals surface area contributed by atoms with Crippen LogP contribution in [0.15, 0.2) is 12.1 Å². The fraction of sp³-hybridized carbons (Fsp3) is 0.500. The predicted octanol–water partition coefficient (Wildman–Crippen LogP) is 1.41. The Balaban J connectivity index is 2.09. The van der Waals surface area contributed by atoms with E-state index in [-0.39, 0.29) is 11.6 Å². The molecule has 1 fully saturated rings. The number of carboxylic acids is 1. The number of aryl methyl sites for hydroxylation is 1. The first-order chi connectivity index (χ1) is 8.54. The number of nitrogens with one attached hydrogen (secondary N) is 1. The molecular weight excluding hydrogens is 252 g/mol. The van der Waals surface area contributed by atoms with Crippen molar-refractivity contribution in [2.75, 3.05) is 16.8 Å². The number of rotatable bonds is 3. The van der Waals surface area contributed by atoms with E-state index in [0.29, 0.717) is 23.0 Å². The van der Waals surface area contributed by atoms with Crippen LogP contribution >= 0.6 is 0 Å². The van der Waals surface area contributed by atoms with E-state index >= 15 is 0 Å². The van der Waals surface area contributed by atoms with E-state index in [1.807, 2.05) is 0 Å². The zero-order valence-electron chi connectivity index (χ0n) is 10.2. The van der Waals surface area contributed by atoms with Gasteiger partial charge in [0.25, 0.3) is 0 Å². The van der Waals surface area contributed by atoms with Crippen LogP contribution in [0.4, 0.5) is 5.82 Å². The Kier molecular flexibility index (Phi) is 3.96. The molecule has 1 saturated heterocycles. The summed E-state index contributed by atoms with van der Waals surface area (Å²) in [5.74, 6) is 1.04. The van der Waals surface area contributed by atoms with Gasteiger partial charge in [0.05, 0.1) is 5.56 Å². The largest absolute Gasteiger partial charge is 0.478 e. The van der Waals surface area contributed by atoms with Crippen molar-refractivity contribution in [3.05, 3.63) is 23.4 Å². The Bertz CT molecular complexity index is 480. The standard InChI is InChI=1S/C12H16N2O3S/c1-8-6-9(12(15)16)7-11(13-8)14-10-2-4-18(17)5-3-10/h6-7,10H,2-5H2,1H3,(H,13,14)(H,15,16). The van der Waals surface area contributed by atoms with Gasteiger partial charge in [-0.05, 0) is 31.9 Å². The quantitative estimate of drug-likeness (QED) is 0.866. The van der Waals surface area contributed by atoms with Gasteiger partial charge < -0.3 is 10.4 Å². The molecule has 18 heavy (non-hydrogen) atoms. The van der Waals surface area contributed by atoms with Crippen LogP contribution in [0.25, 0.3) is 0 Å². The minimum absolute atomic E-state index is 0.235. The number of hydrogen-bond acceptors (Lipinski definition) is 4. The van der Waals surface area contributed by atoms with Gasteiger partial charge in [0.1, 0.15) is 5.82 Å². The Morgan fingerprint density at radius 1 is 1.44 bits per heavy atom. The number of hydrogen-bond donors (Lipinski definition) is 2. The molecule has 1 aliphatic rings. The zero-order chi connectivity index (χ0) is 13.1. The topological polar surface area (TPSA) is 79.3 Å². The van der Waals surface area contributed by atoms with Crippen LogP contribution in [-0.4, -0.2) is 37.8 Å². The van der Waals surface area contributed by atoms with Crippen LogP contribution < -0.4 is 5.32 Å². The van der Waals surface area contributed by atoms with Crippen molar-refractivity contribution >= 4 is 22.6 Å². The Hall–Kier alpha value is -1.43. The molecule has 6 heteroatoms. The van der Waals surface area contributed by atoms with Gasteiger partial charge in [-0.3, -0.25) is 4.21 Å². The first kappa shape index (κ1) is 13.0. The summed E-state index contributed by atoms with van der Waals surface area (Å²) in [5, 5.41) is 12.2. The predicted molar refractivity (Wildman–Crippen MR) is 70.5 cm³/mol. The van der Waals surface area contributed by atoms with Crippen LogP contribution in [0.1, 0.15) is 28.9 Å². The molecule has 98 valence electrons.